The lowest BCUT2D eigenvalue weighted by atomic mass is 10.1. The van der Waals surface area contributed by atoms with Gasteiger partial charge in [0.2, 0.25) is 11.2 Å². The first-order valence-electron chi connectivity index (χ1n) is 11.8. The van der Waals surface area contributed by atoms with E-state index in [0.29, 0.717) is 31.9 Å². The van der Waals surface area contributed by atoms with E-state index in [4.69, 9.17) is 15.9 Å². The van der Waals surface area contributed by atoms with Crippen LogP contribution in [-0.2, 0) is 22.6 Å². The van der Waals surface area contributed by atoms with E-state index in [0.717, 1.165) is 6.07 Å². The Balaban J connectivity index is 1.69. The molecular formula is C26H25F2N3O6. The number of terminal acetylenes is 1. The molecule has 0 bridgehead atoms. The van der Waals surface area contributed by atoms with Crippen LogP contribution in [0.2, 0.25) is 0 Å². The molecule has 3 heterocycles. The van der Waals surface area contributed by atoms with Crippen molar-refractivity contribution in [3.05, 3.63) is 63.1 Å². The molecule has 194 valence electrons. The van der Waals surface area contributed by atoms with Crippen molar-refractivity contribution in [1.82, 2.24) is 14.8 Å². The van der Waals surface area contributed by atoms with Gasteiger partial charge >= 0.3 is 5.97 Å². The standard InChI is InChI=1S/C26H25F2N3O6/c1-3-4-5-6-21(32)37-24-22-26(35)31-15(2)9-10-36-20(31)14-30(22)13-18(23(24)33)25(34)29-12-16-7-8-17(27)11-19(16)28/h1,7-8,11,13,15,20H,4-6,9-10,12,14H2,2H3,(H,29,34)/t15-,20+/m1/s1. The number of hydrogen-bond donors (Lipinski definition) is 1. The highest BCUT2D eigenvalue weighted by Crippen LogP contribution is 2.30. The predicted octanol–water partition coefficient (Wildman–Crippen LogP) is 2.36. The van der Waals surface area contributed by atoms with Crippen molar-refractivity contribution in [2.45, 2.75) is 58.0 Å². The van der Waals surface area contributed by atoms with Gasteiger partial charge in [-0.3, -0.25) is 19.2 Å². The summed E-state index contributed by atoms with van der Waals surface area (Å²) in [6.07, 6.45) is 6.91. The minimum absolute atomic E-state index is 0.00314. The molecule has 1 fully saturated rings. The lowest BCUT2D eigenvalue weighted by Gasteiger charge is -2.44. The number of carbonyl (C=O) groups is 3. The third-order valence-electron chi connectivity index (χ3n) is 6.28. The molecule has 0 radical (unpaired) electrons. The van der Waals surface area contributed by atoms with Crippen molar-refractivity contribution < 1.29 is 32.6 Å². The Labute approximate surface area is 211 Å². The van der Waals surface area contributed by atoms with Crippen LogP contribution < -0.4 is 15.5 Å². The molecule has 37 heavy (non-hydrogen) atoms. The summed E-state index contributed by atoms with van der Waals surface area (Å²) in [6, 6.07) is 2.71. The molecule has 2 amide bonds. The average Bonchev–Trinajstić information content (AvgIpc) is 2.85. The minimum Gasteiger partial charge on any atom is -0.420 e. The number of amides is 2. The molecule has 4 rings (SSSR count). The minimum atomic E-state index is -0.967. The first-order chi connectivity index (χ1) is 17.7. The summed E-state index contributed by atoms with van der Waals surface area (Å²) in [5.41, 5.74) is -1.54. The summed E-state index contributed by atoms with van der Waals surface area (Å²) >= 11 is 0. The number of hydrogen-bond acceptors (Lipinski definition) is 6. The average molecular weight is 513 g/mol. The molecule has 0 saturated carbocycles. The molecule has 2 aliphatic heterocycles. The molecule has 9 nitrogen and oxygen atoms in total. The maximum atomic E-state index is 14.0. The van der Waals surface area contributed by atoms with Gasteiger partial charge < -0.3 is 24.3 Å². The quantitative estimate of drug-likeness (QED) is 0.346. The highest BCUT2D eigenvalue weighted by atomic mass is 19.1. The van der Waals surface area contributed by atoms with E-state index >= 15 is 0 Å². The Morgan fingerprint density at radius 1 is 1.30 bits per heavy atom. The molecule has 11 heteroatoms. The number of ether oxygens (including phenoxy) is 2. The van der Waals surface area contributed by atoms with Gasteiger partial charge in [-0.1, -0.05) is 6.07 Å². The smallest absolute Gasteiger partial charge is 0.311 e. The number of fused-ring (bicyclic) bond motifs is 2. The van der Waals surface area contributed by atoms with Crippen molar-refractivity contribution in [2.75, 3.05) is 6.61 Å². The van der Waals surface area contributed by atoms with Crippen LogP contribution >= 0.6 is 0 Å². The van der Waals surface area contributed by atoms with Crippen molar-refractivity contribution in [3.63, 3.8) is 0 Å². The van der Waals surface area contributed by atoms with Crippen LogP contribution in [0.5, 0.6) is 5.75 Å². The monoisotopic (exact) mass is 513 g/mol. The molecule has 0 aliphatic carbocycles. The number of benzene rings is 1. The van der Waals surface area contributed by atoms with Crippen molar-refractivity contribution in [1.29, 1.82) is 0 Å². The highest BCUT2D eigenvalue weighted by Gasteiger charge is 2.41. The normalized spacial score (nSPS) is 18.4. The first-order valence-corrected chi connectivity index (χ1v) is 11.8. The number of nitrogens with one attached hydrogen (secondary N) is 1. The zero-order chi connectivity index (χ0) is 26.7. The van der Waals surface area contributed by atoms with Gasteiger partial charge in [0.15, 0.2) is 11.9 Å². The van der Waals surface area contributed by atoms with Crippen LogP contribution in [-0.4, -0.2) is 46.1 Å². The fourth-order valence-electron chi connectivity index (χ4n) is 4.34. The Morgan fingerprint density at radius 3 is 2.81 bits per heavy atom. The van der Waals surface area contributed by atoms with Crippen LogP contribution in [0.25, 0.3) is 0 Å². The molecule has 0 unspecified atom stereocenters. The van der Waals surface area contributed by atoms with E-state index in [-0.39, 0.29) is 36.8 Å². The predicted molar refractivity (Wildman–Crippen MR) is 127 cm³/mol. The van der Waals surface area contributed by atoms with E-state index in [1.165, 1.54) is 21.7 Å². The second kappa shape index (κ2) is 10.9. The molecule has 1 N–H and O–H groups in total. The third kappa shape index (κ3) is 5.39. The zero-order valence-corrected chi connectivity index (χ0v) is 20.1. The summed E-state index contributed by atoms with van der Waals surface area (Å²) in [5.74, 6) is -2.02. The van der Waals surface area contributed by atoms with E-state index in [1.807, 2.05) is 6.92 Å². The van der Waals surface area contributed by atoms with Gasteiger partial charge in [-0.2, -0.15) is 0 Å². The lowest BCUT2D eigenvalue weighted by molar-refractivity contribution is -0.134. The Kier molecular flexibility index (Phi) is 7.69. The molecule has 0 spiro atoms. The first kappa shape index (κ1) is 26.0. The second-order valence-corrected chi connectivity index (χ2v) is 8.83. The van der Waals surface area contributed by atoms with E-state index in [2.05, 4.69) is 11.2 Å². The van der Waals surface area contributed by atoms with Crippen molar-refractivity contribution in [3.8, 4) is 18.1 Å². The van der Waals surface area contributed by atoms with Gasteiger partial charge in [0.05, 0.1) is 13.2 Å². The molecular weight excluding hydrogens is 488 g/mol. The van der Waals surface area contributed by atoms with E-state index in [1.54, 1.807) is 0 Å². The van der Waals surface area contributed by atoms with Gasteiger partial charge in [-0.25, -0.2) is 8.78 Å². The van der Waals surface area contributed by atoms with Crippen LogP contribution in [0.15, 0.2) is 29.2 Å². The van der Waals surface area contributed by atoms with Gasteiger partial charge in [0, 0.05) is 43.3 Å². The van der Waals surface area contributed by atoms with Crippen molar-refractivity contribution in [2.24, 2.45) is 0 Å². The Hall–Kier alpha value is -4.04. The third-order valence-corrected chi connectivity index (χ3v) is 6.28. The summed E-state index contributed by atoms with van der Waals surface area (Å²) in [6.45, 7) is 2.05. The SMILES string of the molecule is C#CCCCC(=O)Oc1c2n(cc(C(=O)NCc3ccc(F)cc3F)c1=O)C[C@@H]1OCC[C@@H](C)N1C2=O. The van der Waals surface area contributed by atoms with E-state index < -0.39 is 52.4 Å². The highest BCUT2D eigenvalue weighted by molar-refractivity contribution is 6.00. The van der Waals surface area contributed by atoms with Crippen LogP contribution in [0, 0.1) is 24.0 Å². The molecule has 1 aromatic carbocycles. The van der Waals surface area contributed by atoms with Gasteiger partial charge in [0.1, 0.15) is 17.2 Å². The summed E-state index contributed by atoms with van der Waals surface area (Å²) in [5, 5.41) is 2.42. The lowest BCUT2D eigenvalue weighted by Crippen LogP contribution is -2.57. The maximum Gasteiger partial charge on any atom is 0.311 e. The van der Waals surface area contributed by atoms with Gasteiger partial charge in [-0.05, 0) is 25.8 Å². The number of unbranched alkanes of at least 4 members (excludes halogenated alkanes) is 1. The zero-order valence-electron chi connectivity index (χ0n) is 20.1. The summed E-state index contributed by atoms with van der Waals surface area (Å²) < 4.78 is 39.6. The number of aromatic nitrogens is 1. The molecule has 1 aromatic heterocycles. The molecule has 2 atom stereocenters. The summed E-state index contributed by atoms with van der Waals surface area (Å²) in [7, 11) is 0. The van der Waals surface area contributed by atoms with Crippen LogP contribution in [0.4, 0.5) is 8.78 Å². The fourth-order valence-corrected chi connectivity index (χ4v) is 4.34. The second-order valence-electron chi connectivity index (χ2n) is 8.83. The number of carbonyl (C=O) groups excluding carboxylic acids is 3. The topological polar surface area (TPSA) is 107 Å². The number of nitrogens with zero attached hydrogens (tertiary/aromatic N) is 2. The fraction of sp³-hybridized carbons (Fsp3) is 0.385. The summed E-state index contributed by atoms with van der Waals surface area (Å²) in [4.78, 5) is 53.7. The Morgan fingerprint density at radius 2 is 2.08 bits per heavy atom. The maximum absolute atomic E-state index is 14.0. The van der Waals surface area contributed by atoms with Gasteiger partial charge in [0.25, 0.3) is 11.8 Å². The van der Waals surface area contributed by atoms with E-state index in [9.17, 15) is 28.0 Å². The number of rotatable bonds is 7. The van der Waals surface area contributed by atoms with Gasteiger partial charge in [-0.15, -0.1) is 12.3 Å². The molecule has 2 aromatic rings. The number of halogens is 2. The Bertz CT molecular complexity index is 1350. The van der Waals surface area contributed by atoms with Crippen LogP contribution in [0.1, 0.15) is 59.0 Å². The molecule has 2 aliphatic rings. The number of esters is 1. The van der Waals surface area contributed by atoms with Crippen LogP contribution in [0.3, 0.4) is 0 Å². The number of pyridine rings is 1. The van der Waals surface area contributed by atoms with Crippen molar-refractivity contribution >= 4 is 17.8 Å². The molecule has 1 saturated heterocycles. The largest absolute Gasteiger partial charge is 0.420 e.